The quantitative estimate of drug-likeness (QED) is 0.389. The summed E-state index contributed by atoms with van der Waals surface area (Å²) in [5.74, 6) is 0. The first-order valence-corrected chi connectivity index (χ1v) is 7.77. The molecule has 0 aliphatic carbocycles. The second kappa shape index (κ2) is 6.90. The summed E-state index contributed by atoms with van der Waals surface area (Å²) in [5.41, 5.74) is -0.460. The summed E-state index contributed by atoms with van der Waals surface area (Å²) < 4.78 is 5.77. The highest BCUT2D eigenvalue weighted by molar-refractivity contribution is 5.68. The van der Waals surface area contributed by atoms with Crippen LogP contribution in [0.15, 0.2) is 18.5 Å². The van der Waals surface area contributed by atoms with Crippen molar-refractivity contribution in [2.75, 3.05) is 18.0 Å². The van der Waals surface area contributed by atoms with Crippen molar-refractivity contribution in [2.24, 2.45) is 0 Å². The third-order valence-electron chi connectivity index (χ3n) is 3.57. The molecule has 0 radical (unpaired) electrons. The van der Waals surface area contributed by atoms with Crippen molar-refractivity contribution in [3.05, 3.63) is 33.8 Å². The van der Waals surface area contributed by atoms with E-state index in [0.717, 1.165) is 19.0 Å². The number of hydrogen-bond acceptors (Lipinski definition) is 6. The van der Waals surface area contributed by atoms with Crippen LogP contribution in [-0.2, 0) is 4.74 Å². The van der Waals surface area contributed by atoms with E-state index in [4.69, 9.17) is 4.74 Å². The summed E-state index contributed by atoms with van der Waals surface area (Å²) in [6.07, 6.45) is 3.26. The van der Waals surface area contributed by atoms with Crippen LogP contribution >= 0.6 is 0 Å². The van der Waals surface area contributed by atoms with Crippen molar-refractivity contribution < 1.29 is 19.2 Å². The van der Waals surface area contributed by atoms with Gasteiger partial charge in [0, 0.05) is 19.1 Å². The molecule has 9 heteroatoms. The zero-order valence-electron chi connectivity index (χ0n) is 14.0. The second-order valence-corrected chi connectivity index (χ2v) is 6.76. The fourth-order valence-corrected chi connectivity index (χ4v) is 2.65. The van der Waals surface area contributed by atoms with Gasteiger partial charge in [0.2, 0.25) is 6.20 Å². The molecule has 1 saturated heterocycles. The van der Waals surface area contributed by atoms with Crippen LogP contribution in [0, 0.1) is 15.3 Å². The van der Waals surface area contributed by atoms with E-state index in [2.05, 4.69) is 5.32 Å². The summed E-state index contributed by atoms with van der Waals surface area (Å²) in [4.78, 5) is 24.3. The maximum atomic E-state index is 11.9. The molecule has 9 nitrogen and oxygen atoms in total. The van der Waals surface area contributed by atoms with Gasteiger partial charge in [-0.3, -0.25) is 10.1 Å². The summed E-state index contributed by atoms with van der Waals surface area (Å²) >= 11 is 0. The Bertz CT molecular complexity index is 629. The minimum absolute atomic E-state index is 0.125. The van der Waals surface area contributed by atoms with Crippen molar-refractivity contribution in [1.29, 1.82) is 0 Å². The summed E-state index contributed by atoms with van der Waals surface area (Å²) in [6.45, 7) is 6.29. The fraction of sp³-hybridized carbons (Fsp3) is 0.600. The van der Waals surface area contributed by atoms with Gasteiger partial charge in [-0.05, 0) is 33.6 Å². The molecule has 1 aromatic rings. The largest absolute Gasteiger partial charge is 0.619 e. The molecular weight excluding hydrogens is 316 g/mol. The highest BCUT2D eigenvalue weighted by Gasteiger charge is 2.29. The van der Waals surface area contributed by atoms with Crippen molar-refractivity contribution >= 4 is 17.5 Å². The molecule has 2 rings (SSSR count). The Kier molecular flexibility index (Phi) is 5.10. The number of rotatable bonds is 3. The van der Waals surface area contributed by atoms with E-state index in [1.807, 2.05) is 0 Å². The Morgan fingerprint density at radius 2 is 2.21 bits per heavy atom. The molecule has 0 aromatic carbocycles. The van der Waals surface area contributed by atoms with Gasteiger partial charge >= 0.3 is 11.8 Å². The predicted octanol–water partition coefficient (Wildman–Crippen LogP) is 1.72. The molecule has 1 aliphatic rings. The van der Waals surface area contributed by atoms with Crippen molar-refractivity contribution in [2.45, 2.75) is 45.3 Å². The van der Waals surface area contributed by atoms with Gasteiger partial charge in [0.15, 0.2) is 11.9 Å². The summed E-state index contributed by atoms with van der Waals surface area (Å²) in [7, 11) is 0. The van der Waals surface area contributed by atoms with Gasteiger partial charge in [-0.15, -0.1) is 0 Å². The maximum absolute atomic E-state index is 11.9. The lowest BCUT2D eigenvalue weighted by Gasteiger charge is -2.34. The minimum atomic E-state index is -0.593. The molecule has 132 valence electrons. The average Bonchev–Trinajstić information content (AvgIpc) is 2.45. The molecule has 1 fully saturated rings. The number of anilines is 1. The van der Waals surface area contributed by atoms with Crippen LogP contribution in [0.3, 0.4) is 0 Å². The highest BCUT2D eigenvalue weighted by Crippen LogP contribution is 2.28. The Morgan fingerprint density at radius 1 is 1.50 bits per heavy atom. The van der Waals surface area contributed by atoms with Gasteiger partial charge in [-0.1, -0.05) is 0 Å². The number of carbonyl (C=O) groups is 1. The van der Waals surface area contributed by atoms with Gasteiger partial charge in [-0.2, -0.15) is 4.73 Å². The van der Waals surface area contributed by atoms with E-state index >= 15 is 0 Å². The molecule has 0 bridgehead atoms. The van der Waals surface area contributed by atoms with E-state index in [1.54, 1.807) is 25.7 Å². The standard InChI is InChI=1S/C15H22N4O5/c1-15(2,3)24-14(20)16-11-5-4-7-17(9-11)13-10-18(21)8-6-12(13)19(22)23/h6,8,10-11H,4-5,7,9H2,1-3H3,(H,16,20). The maximum Gasteiger partial charge on any atom is 0.407 e. The van der Waals surface area contributed by atoms with E-state index in [9.17, 15) is 20.1 Å². The number of carbonyl (C=O) groups excluding carboxylic acids is 1. The van der Waals surface area contributed by atoms with Crippen molar-refractivity contribution in [3.8, 4) is 0 Å². The highest BCUT2D eigenvalue weighted by atomic mass is 16.6. The van der Waals surface area contributed by atoms with Crippen LogP contribution in [0.5, 0.6) is 0 Å². The lowest BCUT2D eigenvalue weighted by atomic mass is 10.1. The fourth-order valence-electron chi connectivity index (χ4n) is 2.65. The minimum Gasteiger partial charge on any atom is -0.619 e. The number of nitrogens with one attached hydrogen (secondary N) is 1. The van der Waals surface area contributed by atoms with E-state index in [-0.39, 0.29) is 17.4 Å². The van der Waals surface area contributed by atoms with Crippen molar-refractivity contribution in [1.82, 2.24) is 5.32 Å². The zero-order valence-corrected chi connectivity index (χ0v) is 14.0. The second-order valence-electron chi connectivity index (χ2n) is 6.76. The molecule has 1 atom stereocenters. The Hall–Kier alpha value is -2.58. The zero-order chi connectivity index (χ0) is 17.9. The molecule has 0 saturated carbocycles. The van der Waals surface area contributed by atoms with Crippen LogP contribution < -0.4 is 14.9 Å². The third kappa shape index (κ3) is 4.71. The number of piperidine rings is 1. The predicted molar refractivity (Wildman–Crippen MR) is 86.7 cm³/mol. The number of nitro groups is 1. The molecule has 1 unspecified atom stereocenters. The molecule has 24 heavy (non-hydrogen) atoms. The molecule has 1 N–H and O–H groups in total. The first-order valence-electron chi connectivity index (χ1n) is 7.77. The SMILES string of the molecule is CC(C)(C)OC(=O)NC1CCCN(c2c[n+]([O-])ccc2[N+](=O)[O-])C1. The number of aromatic nitrogens is 1. The Labute approximate surface area is 139 Å². The van der Waals surface area contributed by atoms with Crippen LogP contribution in [0.2, 0.25) is 0 Å². The van der Waals surface area contributed by atoms with Gasteiger partial charge in [0.25, 0.3) is 0 Å². The van der Waals surface area contributed by atoms with Crippen LogP contribution in [0.4, 0.5) is 16.2 Å². The Morgan fingerprint density at radius 3 is 2.83 bits per heavy atom. The number of hydrogen-bond donors (Lipinski definition) is 1. The number of pyridine rings is 1. The van der Waals surface area contributed by atoms with Gasteiger partial charge in [0.05, 0.1) is 11.0 Å². The number of amides is 1. The topological polar surface area (TPSA) is 112 Å². The van der Waals surface area contributed by atoms with Crippen LogP contribution in [0.25, 0.3) is 0 Å². The number of alkyl carbamates (subject to hydrolysis) is 1. The molecular formula is C15H22N4O5. The van der Waals surface area contributed by atoms with Crippen molar-refractivity contribution in [3.63, 3.8) is 0 Å². The van der Waals surface area contributed by atoms with E-state index in [0.29, 0.717) is 17.8 Å². The lowest BCUT2D eigenvalue weighted by molar-refractivity contribution is -0.605. The Balaban J connectivity index is 2.10. The molecule has 1 amide bonds. The average molecular weight is 338 g/mol. The third-order valence-corrected chi connectivity index (χ3v) is 3.57. The molecule has 0 spiro atoms. The molecule has 2 heterocycles. The van der Waals surface area contributed by atoms with Crippen LogP contribution in [-0.4, -0.2) is 35.7 Å². The molecule has 1 aliphatic heterocycles. The number of nitrogens with zero attached hydrogens (tertiary/aromatic N) is 3. The lowest BCUT2D eigenvalue weighted by Crippen LogP contribution is -2.49. The normalized spacial score (nSPS) is 18.1. The first-order chi connectivity index (χ1) is 11.2. The summed E-state index contributed by atoms with van der Waals surface area (Å²) in [5, 5.41) is 25.5. The smallest absolute Gasteiger partial charge is 0.407 e. The molecule has 1 aromatic heterocycles. The van der Waals surface area contributed by atoms with Gasteiger partial charge in [0.1, 0.15) is 5.60 Å². The van der Waals surface area contributed by atoms with E-state index < -0.39 is 16.6 Å². The number of ether oxygens (including phenoxy) is 1. The van der Waals surface area contributed by atoms with E-state index in [1.165, 1.54) is 12.3 Å². The monoisotopic (exact) mass is 338 g/mol. The summed E-state index contributed by atoms with van der Waals surface area (Å²) in [6, 6.07) is 0.987. The first kappa shape index (κ1) is 17.8. The van der Waals surface area contributed by atoms with Gasteiger partial charge in [-0.25, -0.2) is 4.79 Å². The van der Waals surface area contributed by atoms with Crippen LogP contribution in [0.1, 0.15) is 33.6 Å². The van der Waals surface area contributed by atoms with Gasteiger partial charge < -0.3 is 20.2 Å².